The van der Waals surface area contributed by atoms with Crippen molar-refractivity contribution in [2.24, 2.45) is 23.2 Å². The van der Waals surface area contributed by atoms with Gasteiger partial charge in [0.25, 0.3) is 11.8 Å². The van der Waals surface area contributed by atoms with Gasteiger partial charge in [0.15, 0.2) is 0 Å². The summed E-state index contributed by atoms with van der Waals surface area (Å²) in [5.74, 6) is -2.99. The number of pyridine rings is 1. The molecular weight excluding hydrogens is 1000 g/mol. The molecule has 5 aliphatic rings. The van der Waals surface area contributed by atoms with Crippen LogP contribution in [0, 0.1) is 23.2 Å². The first-order chi connectivity index (χ1) is 37.9. The van der Waals surface area contributed by atoms with Crippen molar-refractivity contribution in [3.63, 3.8) is 0 Å². The molecule has 1 aliphatic carbocycles. The molecule has 1 saturated carbocycles. The average Bonchev–Trinajstić information content (AvgIpc) is 4.40. The maximum Gasteiger partial charge on any atom is 0.325 e. The summed E-state index contributed by atoms with van der Waals surface area (Å²) in [4.78, 5) is 81.5. The molecule has 2 aromatic heterocycles. The van der Waals surface area contributed by atoms with Crippen molar-refractivity contribution < 1.29 is 48.4 Å². The van der Waals surface area contributed by atoms with Gasteiger partial charge in [0.2, 0.25) is 11.8 Å². The largest absolute Gasteiger partial charge is 0.508 e. The number of phenols is 1. The Morgan fingerprint density at radius 3 is 2.47 bits per heavy atom. The number of rotatable bonds is 13. The Kier molecular flexibility index (Phi) is 15.8. The first-order valence-corrected chi connectivity index (χ1v) is 27.7. The molecule has 4 amide bonds. The van der Waals surface area contributed by atoms with Crippen LogP contribution in [0.3, 0.4) is 0 Å². The second kappa shape index (κ2) is 22.6. The fourth-order valence-electron chi connectivity index (χ4n) is 12.3. The highest BCUT2D eigenvalue weighted by Crippen LogP contribution is 2.46. The van der Waals surface area contributed by atoms with Crippen LogP contribution in [0.15, 0.2) is 91.6 Å². The van der Waals surface area contributed by atoms with Gasteiger partial charge in [-0.15, -0.1) is 6.58 Å². The van der Waals surface area contributed by atoms with E-state index in [0.717, 1.165) is 50.2 Å². The smallest absolute Gasteiger partial charge is 0.325 e. The molecule has 6 heterocycles. The molecule has 6 bridgehead atoms. The zero-order chi connectivity index (χ0) is 56.0. The summed E-state index contributed by atoms with van der Waals surface area (Å²) in [6, 6.07) is 20.1. The Balaban J connectivity index is 1.05. The first-order valence-electron chi connectivity index (χ1n) is 27.7. The van der Waals surface area contributed by atoms with Crippen LogP contribution in [0.5, 0.6) is 5.75 Å². The Morgan fingerprint density at radius 2 is 1.78 bits per heavy atom. The summed E-state index contributed by atoms with van der Waals surface area (Å²) >= 11 is 0. The van der Waals surface area contributed by atoms with E-state index in [0.29, 0.717) is 69.8 Å². The number of amides is 4. The molecule has 3 aromatic carbocycles. The molecule has 18 heteroatoms. The van der Waals surface area contributed by atoms with E-state index in [1.54, 1.807) is 44.2 Å². The molecule has 10 rings (SSSR count). The van der Waals surface area contributed by atoms with E-state index >= 15 is 4.79 Å². The number of aryl methyl sites for hydroxylation is 1. The maximum atomic E-state index is 15.1. The van der Waals surface area contributed by atoms with Gasteiger partial charge in [-0.1, -0.05) is 69.3 Å². The van der Waals surface area contributed by atoms with Gasteiger partial charge in [-0.2, -0.15) is 0 Å². The predicted molar refractivity (Wildman–Crippen MR) is 298 cm³/mol. The van der Waals surface area contributed by atoms with Crippen LogP contribution in [0.25, 0.3) is 33.3 Å². The van der Waals surface area contributed by atoms with Gasteiger partial charge in [-0.05, 0) is 96.7 Å². The number of carbonyl (C=O) groups excluding carboxylic acids is 5. The average molecular weight is 1080 g/mol. The lowest BCUT2D eigenvalue weighted by molar-refractivity contribution is -0.164. The van der Waals surface area contributed by atoms with Crippen LogP contribution in [-0.4, -0.2) is 155 Å². The highest BCUT2D eigenvalue weighted by atomic mass is 16.5. The topological polar surface area (TPSA) is 208 Å². The molecule has 418 valence electrons. The quantitative estimate of drug-likeness (QED) is 0.0816. The number of aromatic nitrogens is 2. The fraction of sp³-hybridized carbons (Fsp3) is 0.475. The van der Waals surface area contributed by atoms with E-state index in [2.05, 4.69) is 65.8 Å². The van der Waals surface area contributed by atoms with Gasteiger partial charge < -0.3 is 49.0 Å². The molecule has 18 nitrogen and oxygen atoms in total. The van der Waals surface area contributed by atoms with E-state index in [9.17, 15) is 29.4 Å². The number of hydrogen-bond donors (Lipinski definition) is 4. The SMILES string of the molecule is C=C[C@@H](C)[C@@H](C(=O)N[C@H]1Cc2cc(O)cc(c2)-c2ccc3c(c2)c(c(-c2cc(N4CCN(C(=O)CO)CC4)cnc2[C@H](C)OC)n3CC)CC(C)(C)COC(=O)[C@H]2NN(CC3C[C@@H]32)C1=O)N(C)C(=O)[C@@H]1OC[C@@H]1c1ccccc1. The third-order valence-electron chi connectivity index (χ3n) is 17.0. The lowest BCUT2D eigenvalue weighted by Crippen LogP contribution is -2.63. The van der Waals surface area contributed by atoms with Crippen molar-refractivity contribution in [3.8, 4) is 28.1 Å². The number of nitrogens with zero attached hydrogens (tertiary/aromatic N) is 6. The zero-order valence-electron chi connectivity index (χ0n) is 46.3. The molecule has 0 radical (unpaired) electrons. The third kappa shape index (κ3) is 11.0. The van der Waals surface area contributed by atoms with Crippen molar-refractivity contribution in [2.45, 2.75) is 96.7 Å². The molecule has 79 heavy (non-hydrogen) atoms. The lowest BCUT2D eigenvalue weighted by Gasteiger charge is -2.41. The predicted octanol–water partition coefficient (Wildman–Crippen LogP) is 5.78. The van der Waals surface area contributed by atoms with E-state index in [4.69, 9.17) is 19.2 Å². The number of likely N-dealkylation sites (N-methyl/N-ethyl adjacent to an activating group) is 1. The summed E-state index contributed by atoms with van der Waals surface area (Å²) < 4.78 is 20.4. The van der Waals surface area contributed by atoms with Gasteiger partial charge in [0.1, 0.15) is 36.6 Å². The minimum absolute atomic E-state index is 0.0251. The molecule has 1 unspecified atom stereocenters. The van der Waals surface area contributed by atoms with Crippen LogP contribution < -0.4 is 15.6 Å². The number of cyclic esters (lactones) is 1. The highest BCUT2D eigenvalue weighted by Gasteiger charge is 2.53. The fourth-order valence-corrected chi connectivity index (χ4v) is 12.3. The van der Waals surface area contributed by atoms with Crippen molar-refractivity contribution in [3.05, 3.63) is 114 Å². The molecule has 4 aliphatic heterocycles. The van der Waals surface area contributed by atoms with Gasteiger partial charge in [0.05, 0.1) is 42.6 Å². The second-order valence-electron chi connectivity index (χ2n) is 22.9. The summed E-state index contributed by atoms with van der Waals surface area (Å²) in [5.41, 5.74) is 11.0. The highest BCUT2D eigenvalue weighted by molar-refractivity contribution is 5.97. The Bertz CT molecular complexity index is 3150. The number of anilines is 1. The third-order valence-corrected chi connectivity index (χ3v) is 17.0. The number of fused-ring (bicyclic) bond motifs is 8. The van der Waals surface area contributed by atoms with E-state index < -0.39 is 66.1 Å². The molecule has 4 N–H and O–H groups in total. The van der Waals surface area contributed by atoms with Crippen molar-refractivity contribution in [2.75, 3.05) is 71.6 Å². The molecule has 4 fully saturated rings. The number of esters is 1. The number of nitrogens with one attached hydrogen (secondary N) is 2. The number of ether oxygens (including phenoxy) is 3. The van der Waals surface area contributed by atoms with Crippen LogP contribution in [0.2, 0.25) is 0 Å². The van der Waals surface area contributed by atoms with Gasteiger partial charge in [-0.25, -0.2) is 5.43 Å². The van der Waals surface area contributed by atoms with E-state index in [1.165, 1.54) is 9.91 Å². The number of methoxy groups -OCH3 is 1. The minimum atomic E-state index is -1.21. The number of aromatic hydroxyl groups is 1. The summed E-state index contributed by atoms with van der Waals surface area (Å²) in [6.45, 7) is 16.8. The maximum absolute atomic E-state index is 15.1. The van der Waals surface area contributed by atoms with Crippen LogP contribution in [0.1, 0.15) is 75.4 Å². The minimum Gasteiger partial charge on any atom is -0.508 e. The van der Waals surface area contributed by atoms with Gasteiger partial charge in [0, 0.05) is 93.6 Å². The summed E-state index contributed by atoms with van der Waals surface area (Å²) in [6.07, 6.45) is 3.41. The molecule has 0 spiro atoms. The van der Waals surface area contributed by atoms with Crippen LogP contribution in [-0.2, 0) is 57.6 Å². The Hall–Kier alpha value is -7.12. The Morgan fingerprint density at radius 1 is 1.03 bits per heavy atom. The molecule has 5 aromatic rings. The monoisotopic (exact) mass is 1080 g/mol. The van der Waals surface area contributed by atoms with Crippen molar-refractivity contribution in [1.82, 2.24) is 35.1 Å². The zero-order valence-corrected chi connectivity index (χ0v) is 46.3. The van der Waals surface area contributed by atoms with Crippen LogP contribution >= 0.6 is 0 Å². The standard InChI is InChI=1S/C61H74N8O10/c1-9-35(3)54(65(7)59(75)56-48(33-78-56)38-14-12-11-13-15-38)57(73)63-49-24-37-22-40(25-43(71)23-37)39-16-17-50-45(26-39)47(29-61(5,6)34-79-60(76)53-44-27-41(44)31-69(64-53)58(49)74)55(68(50)10-2)46-28-42(30-62-52(46)36(4)77-8)66-18-20-67(21-19-66)51(72)32-70/h9,11-17,22-23,25-26,28,30,35-36,41,44,48-49,53-54,56,64,70-71H,1,10,18-21,24,27,29,31-34H2,2-8H3,(H,63,73)/t35-,36+,41?,44+,48-,49+,53+,54+,56-/m1/s1. The number of phenolic OH excluding ortho intramolecular Hbond substituents is 1. The van der Waals surface area contributed by atoms with Gasteiger partial charge >= 0.3 is 5.97 Å². The molecular formula is C61H74N8O10. The Labute approximate surface area is 461 Å². The normalized spacial score (nSPS) is 24.0. The van der Waals surface area contributed by atoms with Crippen LogP contribution in [0.4, 0.5) is 5.69 Å². The number of hydrazine groups is 1. The van der Waals surface area contributed by atoms with Gasteiger partial charge in [-0.3, -0.25) is 34.0 Å². The lowest BCUT2D eigenvalue weighted by atomic mass is 9.84. The number of piperazine rings is 1. The van der Waals surface area contributed by atoms with E-state index in [1.807, 2.05) is 55.6 Å². The summed E-state index contributed by atoms with van der Waals surface area (Å²) in [5, 5.41) is 26.6. The van der Waals surface area contributed by atoms with E-state index in [-0.39, 0.29) is 48.3 Å². The number of aliphatic hydroxyl groups excluding tert-OH is 1. The first kappa shape index (κ1) is 55.2. The second-order valence-corrected chi connectivity index (χ2v) is 22.9. The number of benzene rings is 3. The molecule has 3 saturated heterocycles. The number of carbonyl (C=O) groups is 5. The molecule has 9 atom stereocenters. The number of aliphatic hydroxyl groups is 1. The number of hydrogen-bond acceptors (Lipinski definition) is 13. The van der Waals surface area contributed by atoms with Crippen molar-refractivity contribution >= 4 is 46.2 Å². The van der Waals surface area contributed by atoms with Crippen molar-refractivity contribution in [1.29, 1.82) is 0 Å². The summed E-state index contributed by atoms with van der Waals surface area (Å²) in [7, 11) is 3.23.